The van der Waals surface area contributed by atoms with Crippen molar-refractivity contribution in [3.8, 4) is 11.1 Å². The summed E-state index contributed by atoms with van der Waals surface area (Å²) in [5.74, 6) is -0.993. The molecular formula is C31H40N2O7. The fourth-order valence-electron chi connectivity index (χ4n) is 5.47. The van der Waals surface area contributed by atoms with Crippen LogP contribution in [-0.4, -0.2) is 72.2 Å². The van der Waals surface area contributed by atoms with Gasteiger partial charge in [-0.2, -0.15) is 0 Å². The number of nitrogens with zero attached hydrogens (tertiary/aromatic N) is 1. The fourth-order valence-corrected chi connectivity index (χ4v) is 5.47. The van der Waals surface area contributed by atoms with Crippen molar-refractivity contribution in [1.29, 1.82) is 0 Å². The van der Waals surface area contributed by atoms with Crippen LogP contribution >= 0.6 is 0 Å². The Labute approximate surface area is 235 Å². The number of ether oxygens (including phenoxy) is 3. The molecule has 0 bridgehead atoms. The van der Waals surface area contributed by atoms with E-state index in [0.29, 0.717) is 45.4 Å². The third kappa shape index (κ3) is 7.53. The van der Waals surface area contributed by atoms with E-state index in [1.807, 2.05) is 45.0 Å². The predicted molar refractivity (Wildman–Crippen MR) is 150 cm³/mol. The summed E-state index contributed by atoms with van der Waals surface area (Å²) in [6, 6.07) is 16.3. The molecule has 1 fully saturated rings. The van der Waals surface area contributed by atoms with Gasteiger partial charge in [0.1, 0.15) is 12.2 Å². The molecule has 0 saturated carbocycles. The Hall–Kier alpha value is -3.59. The molecular weight excluding hydrogens is 512 g/mol. The van der Waals surface area contributed by atoms with Crippen molar-refractivity contribution >= 4 is 18.2 Å². The van der Waals surface area contributed by atoms with Crippen molar-refractivity contribution in [1.82, 2.24) is 10.2 Å². The third-order valence-corrected chi connectivity index (χ3v) is 7.49. The van der Waals surface area contributed by atoms with E-state index in [2.05, 4.69) is 29.6 Å². The third-order valence-electron chi connectivity index (χ3n) is 7.49. The van der Waals surface area contributed by atoms with Crippen LogP contribution in [0.25, 0.3) is 11.1 Å². The van der Waals surface area contributed by atoms with E-state index in [1.165, 1.54) is 0 Å². The Morgan fingerprint density at radius 2 is 1.60 bits per heavy atom. The molecule has 2 aromatic rings. The molecule has 0 aromatic heterocycles. The summed E-state index contributed by atoms with van der Waals surface area (Å²) in [6.45, 7) is 7.12. The first-order chi connectivity index (χ1) is 19.1. The van der Waals surface area contributed by atoms with E-state index < -0.39 is 29.3 Å². The first kappa shape index (κ1) is 29.4. The van der Waals surface area contributed by atoms with E-state index in [0.717, 1.165) is 22.3 Å². The molecule has 216 valence electrons. The Kier molecular flexibility index (Phi) is 9.35. The molecule has 1 saturated heterocycles. The first-order valence-electron chi connectivity index (χ1n) is 14.0. The minimum atomic E-state index is -0.917. The average Bonchev–Trinajstić information content (AvgIpc) is 3.22. The van der Waals surface area contributed by atoms with Gasteiger partial charge in [-0.1, -0.05) is 48.5 Å². The molecule has 0 radical (unpaired) electrons. The Balaban J connectivity index is 1.45. The molecule has 2 aliphatic rings. The first-order valence-corrected chi connectivity index (χ1v) is 14.0. The zero-order valence-corrected chi connectivity index (χ0v) is 23.6. The maximum atomic E-state index is 13.4. The zero-order chi connectivity index (χ0) is 28.8. The lowest BCUT2D eigenvalue weighted by molar-refractivity contribution is -0.137. The second-order valence-electron chi connectivity index (χ2n) is 11.6. The number of fused-ring (bicyclic) bond motifs is 3. The van der Waals surface area contributed by atoms with Crippen molar-refractivity contribution in [2.75, 3.05) is 32.9 Å². The SMILES string of the molecule is CC(C)(C)OC(=O)NC1(CCN(CCCC(=O)O)C(=O)OCC2c3ccccc3-c3ccccc32)CCOCC1. The van der Waals surface area contributed by atoms with Crippen molar-refractivity contribution in [2.45, 2.75) is 69.9 Å². The molecule has 1 heterocycles. The smallest absolute Gasteiger partial charge is 0.409 e. The largest absolute Gasteiger partial charge is 0.481 e. The lowest BCUT2D eigenvalue weighted by Gasteiger charge is -2.39. The Bertz CT molecular complexity index is 1150. The van der Waals surface area contributed by atoms with Crippen molar-refractivity contribution in [2.24, 2.45) is 0 Å². The molecule has 0 atom stereocenters. The Morgan fingerprint density at radius 3 is 2.17 bits per heavy atom. The lowest BCUT2D eigenvalue weighted by atomic mass is 9.86. The molecule has 4 rings (SSSR count). The van der Waals surface area contributed by atoms with Crippen LogP contribution in [-0.2, 0) is 19.0 Å². The van der Waals surface area contributed by atoms with Gasteiger partial charge in [0, 0.05) is 44.2 Å². The fraction of sp³-hybridized carbons (Fsp3) is 0.516. The normalized spacial score (nSPS) is 16.0. The number of carboxylic acids is 1. The molecule has 2 aromatic carbocycles. The highest BCUT2D eigenvalue weighted by atomic mass is 16.6. The quantitative estimate of drug-likeness (QED) is 0.396. The number of nitrogens with one attached hydrogen (secondary N) is 1. The second-order valence-corrected chi connectivity index (χ2v) is 11.6. The van der Waals surface area contributed by atoms with Gasteiger partial charge in [0.2, 0.25) is 0 Å². The molecule has 1 aliphatic carbocycles. The van der Waals surface area contributed by atoms with Crippen LogP contribution in [0.1, 0.15) is 69.9 Å². The summed E-state index contributed by atoms with van der Waals surface area (Å²) in [7, 11) is 0. The molecule has 40 heavy (non-hydrogen) atoms. The molecule has 0 spiro atoms. The monoisotopic (exact) mass is 552 g/mol. The predicted octanol–water partition coefficient (Wildman–Crippen LogP) is 5.57. The van der Waals surface area contributed by atoms with Crippen LogP contribution in [0.2, 0.25) is 0 Å². The van der Waals surface area contributed by atoms with E-state index in [-0.39, 0.29) is 25.5 Å². The van der Waals surface area contributed by atoms with Crippen LogP contribution in [0.15, 0.2) is 48.5 Å². The minimum absolute atomic E-state index is 0.0533. The summed E-state index contributed by atoms with van der Waals surface area (Å²) in [5, 5.41) is 12.2. The lowest BCUT2D eigenvalue weighted by Crippen LogP contribution is -2.54. The number of carboxylic acid groups (broad SMARTS) is 1. The highest BCUT2D eigenvalue weighted by molar-refractivity contribution is 5.79. The maximum absolute atomic E-state index is 13.4. The number of carbonyl (C=O) groups is 3. The van der Waals surface area contributed by atoms with Crippen LogP contribution in [0, 0.1) is 0 Å². The van der Waals surface area contributed by atoms with Gasteiger partial charge in [-0.25, -0.2) is 9.59 Å². The van der Waals surface area contributed by atoms with Crippen molar-refractivity contribution in [3.63, 3.8) is 0 Å². The van der Waals surface area contributed by atoms with Gasteiger partial charge in [0.25, 0.3) is 0 Å². The standard InChI is InChI=1S/C31H40N2O7/c1-30(2,3)40-28(36)32-31(15-19-38-20-16-31)14-18-33(17-8-13-27(34)35)29(37)39-21-26-24-11-6-4-9-22(24)23-10-5-7-12-25(23)26/h4-7,9-12,26H,8,13-21H2,1-3H3,(H,32,36)(H,34,35). The van der Waals surface area contributed by atoms with Gasteiger partial charge in [-0.15, -0.1) is 0 Å². The average molecular weight is 553 g/mol. The van der Waals surface area contributed by atoms with Gasteiger partial charge >= 0.3 is 18.2 Å². The van der Waals surface area contributed by atoms with E-state index >= 15 is 0 Å². The summed E-state index contributed by atoms with van der Waals surface area (Å²) in [5.41, 5.74) is 3.29. The van der Waals surface area contributed by atoms with E-state index in [4.69, 9.17) is 19.3 Å². The summed E-state index contributed by atoms with van der Waals surface area (Å²) in [6.07, 6.45) is 0.879. The van der Waals surface area contributed by atoms with Gasteiger partial charge in [0.15, 0.2) is 0 Å². The number of hydrogen-bond donors (Lipinski definition) is 2. The van der Waals surface area contributed by atoms with Gasteiger partial charge in [-0.05, 0) is 68.7 Å². The van der Waals surface area contributed by atoms with Crippen LogP contribution in [0.3, 0.4) is 0 Å². The summed E-state index contributed by atoms with van der Waals surface area (Å²) in [4.78, 5) is 38.8. The number of carbonyl (C=O) groups excluding carboxylic acids is 2. The molecule has 2 N–H and O–H groups in total. The van der Waals surface area contributed by atoms with E-state index in [9.17, 15) is 14.4 Å². The zero-order valence-electron chi connectivity index (χ0n) is 23.6. The van der Waals surface area contributed by atoms with Gasteiger partial charge < -0.3 is 29.5 Å². The van der Waals surface area contributed by atoms with Crippen LogP contribution in [0.5, 0.6) is 0 Å². The molecule has 0 unspecified atom stereocenters. The molecule has 2 amide bonds. The summed E-state index contributed by atoms with van der Waals surface area (Å²) >= 11 is 0. The van der Waals surface area contributed by atoms with E-state index in [1.54, 1.807) is 4.90 Å². The summed E-state index contributed by atoms with van der Waals surface area (Å²) < 4.78 is 16.9. The molecule has 1 aliphatic heterocycles. The van der Waals surface area contributed by atoms with Crippen molar-refractivity contribution in [3.05, 3.63) is 59.7 Å². The molecule has 9 nitrogen and oxygen atoms in total. The van der Waals surface area contributed by atoms with Gasteiger partial charge in [0.05, 0.1) is 0 Å². The number of rotatable bonds is 10. The van der Waals surface area contributed by atoms with Crippen molar-refractivity contribution < 1.29 is 33.7 Å². The minimum Gasteiger partial charge on any atom is -0.481 e. The topological polar surface area (TPSA) is 114 Å². The highest BCUT2D eigenvalue weighted by Gasteiger charge is 2.37. The Morgan fingerprint density at radius 1 is 1.00 bits per heavy atom. The van der Waals surface area contributed by atoms with Crippen LogP contribution < -0.4 is 5.32 Å². The van der Waals surface area contributed by atoms with Gasteiger partial charge in [-0.3, -0.25) is 4.79 Å². The highest BCUT2D eigenvalue weighted by Crippen LogP contribution is 2.44. The number of aliphatic carboxylic acids is 1. The second kappa shape index (κ2) is 12.7. The maximum Gasteiger partial charge on any atom is 0.409 e. The molecule has 9 heteroatoms. The number of benzene rings is 2. The number of alkyl carbamates (subject to hydrolysis) is 1. The van der Waals surface area contributed by atoms with Crippen LogP contribution in [0.4, 0.5) is 9.59 Å². The number of hydrogen-bond acceptors (Lipinski definition) is 6. The number of amides is 2.